The quantitative estimate of drug-likeness (QED) is 0.272. The van der Waals surface area contributed by atoms with Gasteiger partial charge in [-0.05, 0) is 6.42 Å². The molecule has 0 radical (unpaired) electrons. The van der Waals surface area contributed by atoms with E-state index in [-0.39, 0.29) is 11.4 Å². The molecule has 0 aromatic heterocycles. The number of hydrogen-bond acceptors (Lipinski definition) is 2. The molecule has 0 spiro atoms. The van der Waals surface area contributed by atoms with E-state index in [0.29, 0.717) is 6.42 Å². The standard InChI is InChI=1S/C5H11FN2O2/c1-2-3-4(6)8(7)5(9)10/h4H,2-3,7H2,1H3,(H,9,10). The van der Waals surface area contributed by atoms with Crippen molar-refractivity contribution in [2.75, 3.05) is 0 Å². The summed E-state index contributed by atoms with van der Waals surface area (Å²) < 4.78 is 12.5. The maximum Gasteiger partial charge on any atom is 0.424 e. The molecule has 0 heterocycles. The van der Waals surface area contributed by atoms with Gasteiger partial charge in [0.15, 0.2) is 6.30 Å². The summed E-state index contributed by atoms with van der Waals surface area (Å²) in [5.74, 6) is 4.80. The third kappa shape index (κ3) is 2.63. The van der Waals surface area contributed by atoms with Gasteiger partial charge in [0.05, 0.1) is 0 Å². The molecule has 5 heteroatoms. The van der Waals surface area contributed by atoms with E-state index in [0.717, 1.165) is 0 Å². The van der Waals surface area contributed by atoms with Gasteiger partial charge < -0.3 is 5.11 Å². The molecule has 4 nitrogen and oxygen atoms in total. The smallest absolute Gasteiger partial charge is 0.424 e. The van der Waals surface area contributed by atoms with E-state index in [9.17, 15) is 9.18 Å². The Balaban J connectivity index is 3.69. The van der Waals surface area contributed by atoms with Crippen LogP contribution >= 0.6 is 0 Å². The van der Waals surface area contributed by atoms with Gasteiger partial charge in [0, 0.05) is 0 Å². The van der Waals surface area contributed by atoms with E-state index < -0.39 is 12.4 Å². The number of hydrogen-bond donors (Lipinski definition) is 2. The lowest BCUT2D eigenvalue weighted by atomic mass is 10.3. The first-order valence-corrected chi connectivity index (χ1v) is 3.00. The highest BCUT2D eigenvalue weighted by molar-refractivity contribution is 5.64. The summed E-state index contributed by atoms with van der Waals surface area (Å²) in [5, 5.41) is 8.31. The number of hydrazine groups is 1. The number of alkyl halides is 1. The van der Waals surface area contributed by atoms with Crippen LogP contribution in [0.4, 0.5) is 9.18 Å². The van der Waals surface area contributed by atoms with Crippen LogP contribution in [0.2, 0.25) is 0 Å². The minimum absolute atomic E-state index is 0.142. The Morgan fingerprint density at radius 2 is 2.40 bits per heavy atom. The molecule has 0 aliphatic rings. The average Bonchev–Trinajstić information content (AvgIpc) is 1.87. The Bertz CT molecular complexity index is 120. The van der Waals surface area contributed by atoms with E-state index in [4.69, 9.17) is 10.9 Å². The van der Waals surface area contributed by atoms with E-state index in [2.05, 4.69) is 0 Å². The van der Waals surface area contributed by atoms with Crippen LogP contribution in [0.15, 0.2) is 0 Å². The molecule has 3 N–H and O–H groups in total. The van der Waals surface area contributed by atoms with Crippen molar-refractivity contribution in [1.29, 1.82) is 0 Å². The van der Waals surface area contributed by atoms with Crippen molar-refractivity contribution < 1.29 is 14.3 Å². The molecule has 1 atom stereocenters. The predicted octanol–water partition coefficient (Wildman–Crippen LogP) is 0.936. The SMILES string of the molecule is CCCC(F)N(N)C(=O)O. The van der Waals surface area contributed by atoms with Crippen LogP contribution in [0, 0.1) is 0 Å². The molecular weight excluding hydrogens is 139 g/mol. The zero-order chi connectivity index (χ0) is 8.15. The lowest BCUT2D eigenvalue weighted by Gasteiger charge is -2.16. The summed E-state index contributed by atoms with van der Waals surface area (Å²) in [6.07, 6.45) is -2.31. The van der Waals surface area contributed by atoms with Crippen molar-refractivity contribution in [1.82, 2.24) is 5.01 Å². The Morgan fingerprint density at radius 3 is 2.70 bits per heavy atom. The summed E-state index contributed by atoms with van der Waals surface area (Å²) in [4.78, 5) is 9.98. The number of halogens is 1. The highest BCUT2D eigenvalue weighted by Gasteiger charge is 2.17. The molecule has 0 bridgehead atoms. The number of rotatable bonds is 3. The Morgan fingerprint density at radius 1 is 1.90 bits per heavy atom. The van der Waals surface area contributed by atoms with Crippen LogP contribution in [0.1, 0.15) is 19.8 Å². The molecule has 0 aliphatic heterocycles. The van der Waals surface area contributed by atoms with E-state index in [1.165, 1.54) is 0 Å². The fraction of sp³-hybridized carbons (Fsp3) is 0.800. The summed E-state index contributed by atoms with van der Waals surface area (Å²) in [6.45, 7) is 1.75. The molecule has 0 saturated carbocycles. The molecule has 60 valence electrons. The van der Waals surface area contributed by atoms with Gasteiger partial charge >= 0.3 is 6.09 Å². The molecule has 0 aromatic carbocycles. The number of amides is 1. The van der Waals surface area contributed by atoms with E-state index in [1.807, 2.05) is 0 Å². The molecule has 0 saturated heterocycles. The fourth-order valence-corrected chi connectivity index (χ4v) is 0.497. The second-order valence-electron chi connectivity index (χ2n) is 1.91. The monoisotopic (exact) mass is 150 g/mol. The maximum absolute atomic E-state index is 12.5. The van der Waals surface area contributed by atoms with Gasteiger partial charge in [-0.2, -0.15) is 0 Å². The van der Waals surface area contributed by atoms with Crippen LogP contribution in [0.5, 0.6) is 0 Å². The first-order chi connectivity index (χ1) is 4.59. The normalized spacial score (nSPS) is 12.7. The number of carboxylic acid groups (broad SMARTS) is 1. The summed E-state index contributed by atoms with van der Waals surface area (Å²) in [7, 11) is 0. The highest BCUT2D eigenvalue weighted by atomic mass is 19.1. The topological polar surface area (TPSA) is 66.6 Å². The Kier molecular flexibility index (Phi) is 3.71. The molecule has 0 rings (SSSR count). The lowest BCUT2D eigenvalue weighted by molar-refractivity contribution is 0.0666. The van der Waals surface area contributed by atoms with Crippen LogP contribution in [-0.2, 0) is 0 Å². The molecule has 0 fully saturated rings. The van der Waals surface area contributed by atoms with Crippen LogP contribution in [-0.4, -0.2) is 22.5 Å². The predicted molar refractivity (Wildman–Crippen MR) is 33.9 cm³/mol. The van der Waals surface area contributed by atoms with Crippen molar-refractivity contribution in [3.8, 4) is 0 Å². The number of nitrogens with two attached hydrogens (primary N) is 1. The van der Waals surface area contributed by atoms with Crippen LogP contribution in [0.3, 0.4) is 0 Å². The highest BCUT2D eigenvalue weighted by Crippen LogP contribution is 2.03. The van der Waals surface area contributed by atoms with Crippen molar-refractivity contribution in [3.05, 3.63) is 0 Å². The summed E-state index contributed by atoms with van der Waals surface area (Å²) in [6, 6.07) is 0. The third-order valence-corrected chi connectivity index (χ3v) is 1.05. The van der Waals surface area contributed by atoms with Gasteiger partial charge in [0.1, 0.15) is 0 Å². The number of carbonyl (C=O) groups is 1. The number of nitrogens with zero attached hydrogens (tertiary/aromatic N) is 1. The lowest BCUT2D eigenvalue weighted by Crippen LogP contribution is -2.42. The summed E-state index contributed by atoms with van der Waals surface area (Å²) in [5.41, 5.74) is 0. The van der Waals surface area contributed by atoms with Crippen LogP contribution < -0.4 is 5.84 Å². The van der Waals surface area contributed by atoms with Gasteiger partial charge in [0.25, 0.3) is 0 Å². The van der Waals surface area contributed by atoms with Gasteiger partial charge in [-0.1, -0.05) is 13.3 Å². The summed E-state index contributed by atoms with van der Waals surface area (Å²) >= 11 is 0. The first kappa shape index (κ1) is 9.16. The minimum Gasteiger partial charge on any atom is -0.464 e. The third-order valence-electron chi connectivity index (χ3n) is 1.05. The van der Waals surface area contributed by atoms with E-state index >= 15 is 0 Å². The molecule has 0 aromatic rings. The van der Waals surface area contributed by atoms with Gasteiger partial charge in [-0.15, -0.1) is 0 Å². The molecular formula is C5H11FN2O2. The van der Waals surface area contributed by atoms with E-state index in [1.54, 1.807) is 6.92 Å². The molecule has 10 heavy (non-hydrogen) atoms. The Labute approximate surface area is 58.4 Å². The zero-order valence-corrected chi connectivity index (χ0v) is 5.75. The van der Waals surface area contributed by atoms with Crippen molar-refractivity contribution in [2.24, 2.45) is 5.84 Å². The van der Waals surface area contributed by atoms with Gasteiger partial charge in [-0.3, -0.25) is 0 Å². The van der Waals surface area contributed by atoms with Crippen molar-refractivity contribution in [2.45, 2.75) is 26.1 Å². The second-order valence-corrected chi connectivity index (χ2v) is 1.91. The maximum atomic E-state index is 12.5. The minimum atomic E-state index is -1.58. The molecule has 1 amide bonds. The largest absolute Gasteiger partial charge is 0.464 e. The van der Waals surface area contributed by atoms with Crippen LogP contribution in [0.25, 0.3) is 0 Å². The molecule has 0 aliphatic carbocycles. The van der Waals surface area contributed by atoms with Gasteiger partial charge in [0.2, 0.25) is 0 Å². The van der Waals surface area contributed by atoms with Crippen molar-refractivity contribution in [3.63, 3.8) is 0 Å². The first-order valence-electron chi connectivity index (χ1n) is 3.00. The average molecular weight is 150 g/mol. The zero-order valence-electron chi connectivity index (χ0n) is 5.75. The second kappa shape index (κ2) is 4.05. The molecule has 1 unspecified atom stereocenters. The van der Waals surface area contributed by atoms with Gasteiger partial charge in [-0.25, -0.2) is 20.0 Å². The van der Waals surface area contributed by atoms with Crippen molar-refractivity contribution >= 4 is 6.09 Å². The Hall–Kier alpha value is -0.840. The fourth-order valence-electron chi connectivity index (χ4n) is 0.497.